The third kappa shape index (κ3) is 5.03. The lowest BCUT2D eigenvalue weighted by Crippen LogP contribution is -2.44. The Morgan fingerprint density at radius 3 is 2.43 bits per heavy atom. The lowest BCUT2D eigenvalue weighted by atomic mass is 10.1. The van der Waals surface area contributed by atoms with Crippen molar-refractivity contribution in [2.24, 2.45) is 5.92 Å². The Labute approximate surface area is 125 Å². The Bertz CT molecular complexity index is 574. The molecular weight excluding hydrogens is 295 g/mol. The number of hydrogen-bond acceptors (Lipinski definition) is 4. The molecule has 0 saturated carbocycles. The summed E-state index contributed by atoms with van der Waals surface area (Å²) in [6.45, 7) is 3.88. The third-order valence-electron chi connectivity index (χ3n) is 3.17. The number of rotatable bonds is 7. The summed E-state index contributed by atoms with van der Waals surface area (Å²) < 4.78 is 40.7. The molecule has 2 N–H and O–H groups in total. The second-order valence-corrected chi connectivity index (χ2v) is 7.36. The molecule has 0 bridgehead atoms. The molecule has 1 aromatic carbocycles. The molecule has 5 nitrogen and oxygen atoms in total. The van der Waals surface area contributed by atoms with Crippen LogP contribution >= 0.6 is 0 Å². The molecule has 1 atom stereocenters. The number of hydrogen-bond donors (Lipinski definition) is 2. The maximum Gasteiger partial charge on any atom is 0.240 e. The topological polar surface area (TPSA) is 69.6 Å². The Morgan fingerprint density at radius 1 is 1.33 bits per heavy atom. The van der Waals surface area contributed by atoms with Crippen molar-refractivity contribution < 1.29 is 17.9 Å². The van der Waals surface area contributed by atoms with Gasteiger partial charge < -0.3 is 10.0 Å². The fraction of sp³-hybridized carbons (Fsp3) is 0.571. The lowest BCUT2D eigenvalue weighted by molar-refractivity contribution is 0.275. The third-order valence-corrected chi connectivity index (χ3v) is 4.66. The zero-order chi connectivity index (χ0) is 16.2. The van der Waals surface area contributed by atoms with E-state index in [4.69, 9.17) is 5.11 Å². The maximum absolute atomic E-state index is 13.3. The van der Waals surface area contributed by atoms with Crippen LogP contribution in [0.15, 0.2) is 23.1 Å². The summed E-state index contributed by atoms with van der Waals surface area (Å²) in [6.07, 6.45) is 0. The summed E-state index contributed by atoms with van der Waals surface area (Å²) in [4.78, 5) is 1.86. The number of sulfonamides is 1. The molecule has 0 aliphatic carbocycles. The Balaban J connectivity index is 3.04. The van der Waals surface area contributed by atoms with Gasteiger partial charge in [0.1, 0.15) is 5.82 Å². The average molecular weight is 318 g/mol. The van der Waals surface area contributed by atoms with E-state index in [1.54, 1.807) is 0 Å². The number of aliphatic hydroxyl groups is 1. The summed E-state index contributed by atoms with van der Waals surface area (Å²) in [5.74, 6) is -0.509. The van der Waals surface area contributed by atoms with Gasteiger partial charge in [0.15, 0.2) is 0 Å². The van der Waals surface area contributed by atoms with Crippen molar-refractivity contribution in [2.75, 3.05) is 20.6 Å². The van der Waals surface area contributed by atoms with Gasteiger partial charge in [0.2, 0.25) is 10.0 Å². The second-order valence-electron chi connectivity index (χ2n) is 5.65. The summed E-state index contributed by atoms with van der Waals surface area (Å²) in [5, 5.41) is 9.04. The molecule has 1 unspecified atom stereocenters. The van der Waals surface area contributed by atoms with Crippen LogP contribution in [-0.2, 0) is 16.6 Å². The van der Waals surface area contributed by atoms with Gasteiger partial charge in [-0.15, -0.1) is 0 Å². The summed E-state index contributed by atoms with van der Waals surface area (Å²) in [6, 6.07) is 3.15. The number of likely N-dealkylation sites (N-methyl/N-ethyl adjacent to an activating group) is 1. The van der Waals surface area contributed by atoms with Crippen LogP contribution in [0.5, 0.6) is 0 Å². The van der Waals surface area contributed by atoms with Crippen LogP contribution < -0.4 is 4.72 Å². The first-order valence-corrected chi connectivity index (χ1v) is 8.22. The molecule has 1 aromatic rings. The molecule has 7 heteroatoms. The number of nitrogens with zero attached hydrogens (tertiary/aromatic N) is 1. The van der Waals surface area contributed by atoms with Gasteiger partial charge in [-0.2, -0.15) is 0 Å². The standard InChI is InChI=1S/C14H23FN2O3S/c1-10(2)14(8-17(3)4)16-21(19,20)12-5-6-13(15)11(7-12)9-18/h5-7,10,14,16,18H,8-9H2,1-4H3. The smallest absolute Gasteiger partial charge is 0.240 e. The van der Waals surface area contributed by atoms with E-state index in [-0.39, 0.29) is 22.4 Å². The van der Waals surface area contributed by atoms with Crippen LogP contribution in [-0.4, -0.2) is 45.1 Å². The molecule has 0 aliphatic rings. The van der Waals surface area contributed by atoms with Gasteiger partial charge in [-0.3, -0.25) is 0 Å². The zero-order valence-electron chi connectivity index (χ0n) is 12.8. The van der Waals surface area contributed by atoms with Crippen LogP contribution in [0.1, 0.15) is 19.4 Å². The van der Waals surface area contributed by atoms with Gasteiger partial charge in [-0.05, 0) is 38.2 Å². The molecule has 21 heavy (non-hydrogen) atoms. The first-order chi connectivity index (χ1) is 9.67. The highest BCUT2D eigenvalue weighted by Gasteiger charge is 2.23. The van der Waals surface area contributed by atoms with Gasteiger partial charge >= 0.3 is 0 Å². The molecule has 0 heterocycles. The van der Waals surface area contributed by atoms with E-state index >= 15 is 0 Å². The van der Waals surface area contributed by atoms with E-state index in [0.29, 0.717) is 6.54 Å². The Morgan fingerprint density at radius 2 is 1.95 bits per heavy atom. The number of benzene rings is 1. The van der Waals surface area contributed by atoms with Crippen molar-refractivity contribution in [3.63, 3.8) is 0 Å². The molecule has 0 fully saturated rings. The van der Waals surface area contributed by atoms with Crippen LogP contribution in [0.3, 0.4) is 0 Å². The second kappa shape index (κ2) is 7.31. The van der Waals surface area contributed by atoms with Crippen molar-refractivity contribution >= 4 is 10.0 Å². The van der Waals surface area contributed by atoms with E-state index in [2.05, 4.69) is 4.72 Å². The van der Waals surface area contributed by atoms with Crippen LogP contribution in [0, 0.1) is 11.7 Å². The number of halogens is 1. The van der Waals surface area contributed by atoms with Crippen molar-refractivity contribution in [1.29, 1.82) is 0 Å². The van der Waals surface area contributed by atoms with Crippen LogP contribution in [0.25, 0.3) is 0 Å². The minimum atomic E-state index is -3.75. The molecule has 0 radical (unpaired) electrons. The predicted molar refractivity (Wildman–Crippen MR) is 79.8 cm³/mol. The van der Waals surface area contributed by atoms with Gasteiger partial charge in [0, 0.05) is 18.2 Å². The predicted octanol–water partition coefficient (Wildman–Crippen LogP) is 1.18. The lowest BCUT2D eigenvalue weighted by Gasteiger charge is -2.25. The highest BCUT2D eigenvalue weighted by molar-refractivity contribution is 7.89. The van der Waals surface area contributed by atoms with E-state index in [1.807, 2.05) is 32.8 Å². The summed E-state index contributed by atoms with van der Waals surface area (Å²) in [7, 11) is -0.0209. The Hall–Kier alpha value is -1.02. The molecule has 0 aromatic heterocycles. The van der Waals surface area contributed by atoms with Gasteiger partial charge in [-0.25, -0.2) is 17.5 Å². The van der Waals surface area contributed by atoms with Gasteiger partial charge in [-0.1, -0.05) is 13.8 Å². The van der Waals surface area contributed by atoms with E-state index in [9.17, 15) is 12.8 Å². The van der Waals surface area contributed by atoms with E-state index < -0.39 is 22.4 Å². The molecule has 0 spiro atoms. The highest BCUT2D eigenvalue weighted by atomic mass is 32.2. The molecule has 120 valence electrons. The summed E-state index contributed by atoms with van der Waals surface area (Å²) >= 11 is 0. The maximum atomic E-state index is 13.3. The van der Waals surface area contributed by atoms with Crippen molar-refractivity contribution in [3.05, 3.63) is 29.6 Å². The monoisotopic (exact) mass is 318 g/mol. The first-order valence-electron chi connectivity index (χ1n) is 6.73. The first kappa shape index (κ1) is 18.0. The van der Waals surface area contributed by atoms with E-state index in [0.717, 1.165) is 12.1 Å². The highest BCUT2D eigenvalue weighted by Crippen LogP contribution is 2.16. The van der Waals surface area contributed by atoms with Gasteiger partial charge in [0.05, 0.1) is 11.5 Å². The number of aliphatic hydroxyl groups excluding tert-OH is 1. The normalized spacial score (nSPS) is 13.9. The zero-order valence-corrected chi connectivity index (χ0v) is 13.6. The van der Waals surface area contributed by atoms with Gasteiger partial charge in [0.25, 0.3) is 0 Å². The molecule has 0 aliphatic heterocycles. The van der Waals surface area contributed by atoms with Crippen molar-refractivity contribution in [2.45, 2.75) is 31.4 Å². The fourth-order valence-corrected chi connectivity index (χ4v) is 3.31. The summed E-state index contributed by atoms with van der Waals surface area (Å²) in [5.41, 5.74) is -0.0356. The van der Waals surface area contributed by atoms with E-state index in [1.165, 1.54) is 6.07 Å². The minimum Gasteiger partial charge on any atom is -0.392 e. The average Bonchev–Trinajstić information content (AvgIpc) is 2.37. The minimum absolute atomic E-state index is 0.0356. The molecule has 1 rings (SSSR count). The number of nitrogens with one attached hydrogen (secondary N) is 1. The fourth-order valence-electron chi connectivity index (χ4n) is 1.88. The molecular formula is C14H23FN2O3S. The largest absolute Gasteiger partial charge is 0.392 e. The Kier molecular flexibility index (Phi) is 6.27. The van der Waals surface area contributed by atoms with Crippen molar-refractivity contribution in [3.8, 4) is 0 Å². The van der Waals surface area contributed by atoms with Crippen LogP contribution in [0.2, 0.25) is 0 Å². The molecule has 0 amide bonds. The van der Waals surface area contributed by atoms with Crippen molar-refractivity contribution in [1.82, 2.24) is 9.62 Å². The molecule has 0 saturated heterocycles. The SMILES string of the molecule is CC(C)C(CN(C)C)NS(=O)(=O)c1ccc(F)c(CO)c1. The van der Waals surface area contributed by atoms with Crippen LogP contribution in [0.4, 0.5) is 4.39 Å². The quantitative estimate of drug-likeness (QED) is 0.792.